The number of carbonyl (C=O) groups excluding carboxylic acids is 1. The number of aryl methyl sites for hydroxylation is 1. The normalized spacial score (nSPS) is 17.4. The number of nitrogens with zero attached hydrogens (tertiary/aromatic N) is 1. The Balaban J connectivity index is 1.97. The van der Waals surface area contributed by atoms with E-state index in [1.807, 2.05) is 19.1 Å². The highest BCUT2D eigenvalue weighted by molar-refractivity contribution is 6.34. The predicted molar refractivity (Wildman–Crippen MR) is 99.1 cm³/mol. The largest absolute Gasteiger partial charge is 0.417 e. The zero-order valence-corrected chi connectivity index (χ0v) is 15.9. The first-order chi connectivity index (χ1) is 13.1. The SMILES string of the molecule is Cc1cccc(C(NC(=O)c2nccc(C(F)(F)F)c2Cl)C2(O)CCCC2)c1. The molecule has 2 N–H and O–H groups in total. The Bertz CT molecular complexity index is 880. The van der Waals surface area contributed by atoms with E-state index in [0.29, 0.717) is 18.4 Å². The molecular formula is C20H20ClF3N2O2. The van der Waals surface area contributed by atoms with Crippen LogP contribution >= 0.6 is 11.6 Å². The second kappa shape index (κ2) is 7.72. The average molecular weight is 413 g/mol. The van der Waals surface area contributed by atoms with Gasteiger partial charge in [-0.2, -0.15) is 13.2 Å². The van der Waals surface area contributed by atoms with Crippen molar-refractivity contribution in [1.82, 2.24) is 10.3 Å². The van der Waals surface area contributed by atoms with Gasteiger partial charge in [0.25, 0.3) is 5.91 Å². The van der Waals surface area contributed by atoms with Gasteiger partial charge < -0.3 is 10.4 Å². The molecule has 1 heterocycles. The lowest BCUT2D eigenvalue weighted by molar-refractivity contribution is -0.137. The average Bonchev–Trinajstić information content (AvgIpc) is 3.06. The third-order valence-corrected chi connectivity index (χ3v) is 5.45. The fourth-order valence-corrected chi connectivity index (χ4v) is 3.98. The molecule has 1 unspecified atom stereocenters. The maximum atomic E-state index is 13.1. The van der Waals surface area contributed by atoms with E-state index in [4.69, 9.17) is 11.6 Å². The van der Waals surface area contributed by atoms with Crippen LogP contribution in [0.3, 0.4) is 0 Å². The van der Waals surface area contributed by atoms with Gasteiger partial charge in [-0.3, -0.25) is 4.79 Å². The maximum Gasteiger partial charge on any atom is 0.417 e. The van der Waals surface area contributed by atoms with Crippen LogP contribution in [0.25, 0.3) is 0 Å². The van der Waals surface area contributed by atoms with Crippen molar-refractivity contribution in [2.24, 2.45) is 0 Å². The molecule has 2 aromatic rings. The highest BCUT2D eigenvalue weighted by atomic mass is 35.5. The number of pyridine rings is 1. The number of nitrogens with one attached hydrogen (secondary N) is 1. The second-order valence-corrected chi connectivity index (χ2v) is 7.53. The van der Waals surface area contributed by atoms with Gasteiger partial charge in [0.15, 0.2) is 0 Å². The number of alkyl halides is 3. The molecule has 0 aliphatic heterocycles. The van der Waals surface area contributed by atoms with Crippen molar-refractivity contribution >= 4 is 17.5 Å². The van der Waals surface area contributed by atoms with Crippen LogP contribution in [0.2, 0.25) is 5.02 Å². The van der Waals surface area contributed by atoms with E-state index < -0.39 is 40.0 Å². The van der Waals surface area contributed by atoms with Crippen LogP contribution in [0.15, 0.2) is 36.5 Å². The first-order valence-electron chi connectivity index (χ1n) is 8.93. The van der Waals surface area contributed by atoms with Gasteiger partial charge >= 0.3 is 6.18 Å². The maximum absolute atomic E-state index is 13.1. The molecule has 3 rings (SSSR count). The lowest BCUT2D eigenvalue weighted by Gasteiger charge is -2.34. The number of aromatic nitrogens is 1. The lowest BCUT2D eigenvalue weighted by atomic mass is 9.86. The highest BCUT2D eigenvalue weighted by Gasteiger charge is 2.42. The smallest absolute Gasteiger partial charge is 0.387 e. The van der Waals surface area contributed by atoms with Crippen molar-refractivity contribution < 1.29 is 23.1 Å². The van der Waals surface area contributed by atoms with Gasteiger partial charge in [0.1, 0.15) is 5.69 Å². The molecule has 1 amide bonds. The van der Waals surface area contributed by atoms with E-state index in [2.05, 4.69) is 10.3 Å². The number of rotatable bonds is 4. The molecule has 1 saturated carbocycles. The molecule has 4 nitrogen and oxygen atoms in total. The number of aliphatic hydroxyl groups is 1. The van der Waals surface area contributed by atoms with E-state index >= 15 is 0 Å². The molecule has 0 bridgehead atoms. The van der Waals surface area contributed by atoms with Gasteiger partial charge in [-0.1, -0.05) is 54.3 Å². The Hall–Kier alpha value is -2.12. The number of amides is 1. The summed E-state index contributed by atoms with van der Waals surface area (Å²) in [6.45, 7) is 1.88. The van der Waals surface area contributed by atoms with Gasteiger partial charge in [-0.15, -0.1) is 0 Å². The van der Waals surface area contributed by atoms with Crippen LogP contribution in [0.1, 0.15) is 58.9 Å². The molecule has 1 atom stereocenters. The van der Waals surface area contributed by atoms with Crippen molar-refractivity contribution in [2.45, 2.75) is 50.4 Å². The Kier molecular flexibility index (Phi) is 5.68. The zero-order chi connectivity index (χ0) is 20.5. The molecule has 28 heavy (non-hydrogen) atoms. The molecule has 1 aliphatic carbocycles. The number of hydrogen-bond acceptors (Lipinski definition) is 3. The molecule has 150 valence electrons. The van der Waals surface area contributed by atoms with Crippen molar-refractivity contribution in [1.29, 1.82) is 0 Å². The lowest BCUT2D eigenvalue weighted by Crippen LogP contribution is -2.44. The van der Waals surface area contributed by atoms with Crippen LogP contribution < -0.4 is 5.32 Å². The Labute approximate surface area is 165 Å². The Morgan fingerprint density at radius 2 is 1.96 bits per heavy atom. The predicted octanol–water partition coefficient (Wildman–Crippen LogP) is 4.84. The summed E-state index contributed by atoms with van der Waals surface area (Å²) in [5.41, 5.74) is -1.21. The summed E-state index contributed by atoms with van der Waals surface area (Å²) in [5.74, 6) is -0.858. The monoisotopic (exact) mass is 412 g/mol. The number of hydrogen-bond donors (Lipinski definition) is 2. The van der Waals surface area contributed by atoms with E-state index in [1.54, 1.807) is 12.1 Å². The summed E-state index contributed by atoms with van der Waals surface area (Å²) in [5, 5.41) is 13.0. The van der Waals surface area contributed by atoms with E-state index in [-0.39, 0.29) is 0 Å². The summed E-state index contributed by atoms with van der Waals surface area (Å²) in [4.78, 5) is 16.5. The van der Waals surface area contributed by atoms with Crippen LogP contribution in [-0.2, 0) is 6.18 Å². The van der Waals surface area contributed by atoms with Gasteiger partial charge in [0.05, 0.1) is 22.2 Å². The summed E-state index contributed by atoms with van der Waals surface area (Å²) in [6, 6.07) is 7.23. The fourth-order valence-electron chi connectivity index (χ4n) is 3.67. The van der Waals surface area contributed by atoms with Crippen LogP contribution in [0.5, 0.6) is 0 Å². The van der Waals surface area contributed by atoms with Crippen LogP contribution in [0, 0.1) is 6.92 Å². The van der Waals surface area contributed by atoms with Gasteiger partial charge in [-0.25, -0.2) is 4.98 Å². The minimum Gasteiger partial charge on any atom is -0.387 e. The molecule has 1 aromatic heterocycles. The van der Waals surface area contributed by atoms with E-state index in [1.165, 1.54) is 0 Å². The molecule has 0 radical (unpaired) electrons. The Morgan fingerprint density at radius 1 is 1.29 bits per heavy atom. The van der Waals surface area contributed by atoms with Crippen molar-refractivity contribution in [3.05, 3.63) is 63.9 Å². The third kappa shape index (κ3) is 4.15. The highest BCUT2D eigenvalue weighted by Crippen LogP contribution is 2.41. The van der Waals surface area contributed by atoms with Crippen LogP contribution in [-0.4, -0.2) is 21.6 Å². The molecule has 0 saturated heterocycles. The summed E-state index contributed by atoms with van der Waals surface area (Å²) in [7, 11) is 0. The molecule has 0 spiro atoms. The summed E-state index contributed by atoms with van der Waals surface area (Å²) < 4.78 is 39.3. The quantitative estimate of drug-likeness (QED) is 0.755. The molecule has 1 fully saturated rings. The topological polar surface area (TPSA) is 62.2 Å². The molecule has 1 aromatic carbocycles. The minimum atomic E-state index is -4.70. The van der Waals surface area contributed by atoms with Gasteiger partial charge in [0, 0.05) is 6.20 Å². The second-order valence-electron chi connectivity index (χ2n) is 7.15. The van der Waals surface area contributed by atoms with E-state index in [9.17, 15) is 23.1 Å². The number of halogens is 4. The van der Waals surface area contributed by atoms with Crippen molar-refractivity contribution in [2.75, 3.05) is 0 Å². The fraction of sp³-hybridized carbons (Fsp3) is 0.400. The standard InChI is InChI=1S/C20H20ClF3N2O2/c1-12-5-4-6-13(11-12)17(19(28)8-2-3-9-19)26-18(27)16-15(21)14(7-10-25-16)20(22,23)24/h4-7,10-11,17,28H,2-3,8-9H2,1H3,(H,26,27). The molecule has 1 aliphatic rings. The molecular weight excluding hydrogens is 393 g/mol. The van der Waals surface area contributed by atoms with Crippen molar-refractivity contribution in [3.63, 3.8) is 0 Å². The first kappa shape index (κ1) is 20.6. The number of carbonyl (C=O) groups is 1. The summed E-state index contributed by atoms with van der Waals surface area (Å²) in [6.07, 6.45) is -1.23. The van der Waals surface area contributed by atoms with Crippen LogP contribution in [0.4, 0.5) is 13.2 Å². The third-order valence-electron chi connectivity index (χ3n) is 5.07. The van der Waals surface area contributed by atoms with Crippen molar-refractivity contribution in [3.8, 4) is 0 Å². The minimum absolute atomic E-state index is 0.482. The first-order valence-corrected chi connectivity index (χ1v) is 9.31. The Morgan fingerprint density at radius 3 is 2.57 bits per heavy atom. The molecule has 8 heteroatoms. The zero-order valence-electron chi connectivity index (χ0n) is 15.2. The van der Waals surface area contributed by atoms with Gasteiger partial charge in [0.2, 0.25) is 0 Å². The number of benzene rings is 1. The van der Waals surface area contributed by atoms with Gasteiger partial charge in [-0.05, 0) is 31.4 Å². The summed E-state index contributed by atoms with van der Waals surface area (Å²) >= 11 is 5.83. The van der Waals surface area contributed by atoms with E-state index in [0.717, 1.165) is 30.7 Å².